The highest BCUT2D eigenvalue weighted by Gasteiger charge is 2.32. The minimum absolute atomic E-state index is 0.147. The van der Waals surface area contributed by atoms with Gasteiger partial charge >= 0.3 is 12.3 Å². The van der Waals surface area contributed by atoms with E-state index in [2.05, 4.69) is 9.72 Å². The number of aliphatic carboxylic acids is 1. The number of nitrogens with zero attached hydrogens (tertiary/aromatic N) is 2. The molecule has 1 aliphatic heterocycles. The first-order chi connectivity index (χ1) is 13.0. The topological polar surface area (TPSA) is 128 Å². The summed E-state index contributed by atoms with van der Waals surface area (Å²) in [5.74, 6) is -1.65. The molecule has 150 valence electrons. The summed E-state index contributed by atoms with van der Waals surface area (Å²) in [7, 11) is -4.34. The van der Waals surface area contributed by atoms with Gasteiger partial charge in [0.1, 0.15) is 23.3 Å². The number of fused-ring (bicyclic) bond motifs is 1. The highest BCUT2D eigenvalue weighted by Crippen LogP contribution is 2.26. The first kappa shape index (κ1) is 19.7. The van der Waals surface area contributed by atoms with Crippen LogP contribution in [0.2, 0.25) is 0 Å². The van der Waals surface area contributed by atoms with Crippen molar-refractivity contribution in [3.8, 4) is 5.75 Å². The Balaban J connectivity index is 1.89. The molecule has 2 N–H and O–H groups in total. The van der Waals surface area contributed by atoms with E-state index < -0.39 is 50.3 Å². The Hall–Kier alpha value is -3.09. The average Bonchev–Trinajstić information content (AvgIpc) is 3.01. The molecule has 9 nitrogen and oxygen atoms in total. The van der Waals surface area contributed by atoms with E-state index in [1.54, 1.807) is 0 Å². The Morgan fingerprint density at radius 2 is 1.93 bits per heavy atom. The number of hydrogen-bond acceptors (Lipinski definition) is 6. The molecule has 0 fully saturated rings. The number of nitrogens with one attached hydrogen (secondary N) is 1. The van der Waals surface area contributed by atoms with E-state index in [1.807, 2.05) is 4.72 Å². The molecule has 0 radical (unpaired) electrons. The van der Waals surface area contributed by atoms with Crippen LogP contribution < -0.4 is 15.0 Å². The number of benzene rings is 1. The second-order valence-corrected chi connectivity index (χ2v) is 7.46. The minimum Gasteiger partial charge on any atom is -0.480 e. The maximum absolute atomic E-state index is 12.5. The van der Waals surface area contributed by atoms with Gasteiger partial charge in [0.25, 0.3) is 15.6 Å². The van der Waals surface area contributed by atoms with Gasteiger partial charge in [0.2, 0.25) is 0 Å². The Morgan fingerprint density at radius 1 is 1.29 bits per heavy atom. The normalized spacial score (nSPS) is 16.5. The van der Waals surface area contributed by atoms with Crippen LogP contribution in [0, 0.1) is 0 Å². The van der Waals surface area contributed by atoms with Gasteiger partial charge in [0, 0.05) is 6.42 Å². The number of sulfonamides is 1. The molecular weight excluding hydrogens is 407 g/mol. The highest BCUT2D eigenvalue weighted by atomic mass is 32.2. The predicted octanol–water partition coefficient (Wildman–Crippen LogP) is 1.51. The van der Waals surface area contributed by atoms with Gasteiger partial charge in [-0.15, -0.1) is 13.2 Å². The summed E-state index contributed by atoms with van der Waals surface area (Å²) in [6.45, 7) is 0. The second-order valence-electron chi connectivity index (χ2n) is 5.78. The Labute approximate surface area is 155 Å². The number of carboxylic acids is 1. The van der Waals surface area contributed by atoms with Crippen LogP contribution >= 0.6 is 0 Å². The van der Waals surface area contributed by atoms with Crippen LogP contribution in [0.5, 0.6) is 5.75 Å². The second kappa shape index (κ2) is 6.82. The molecule has 1 aliphatic rings. The van der Waals surface area contributed by atoms with Crippen molar-refractivity contribution < 1.29 is 36.2 Å². The maximum Gasteiger partial charge on any atom is 0.573 e. The fraction of sp³-hybridized carbons (Fsp3) is 0.267. The van der Waals surface area contributed by atoms with Crippen molar-refractivity contribution >= 4 is 21.7 Å². The van der Waals surface area contributed by atoms with Crippen LogP contribution in [0.4, 0.5) is 18.9 Å². The fourth-order valence-corrected chi connectivity index (χ4v) is 3.77. The summed E-state index contributed by atoms with van der Waals surface area (Å²) in [5, 5.41) is 9.17. The van der Waals surface area contributed by atoms with Crippen molar-refractivity contribution in [1.82, 2.24) is 9.55 Å². The lowest BCUT2D eigenvalue weighted by atomic mass is 10.2. The average molecular weight is 419 g/mol. The largest absolute Gasteiger partial charge is 0.573 e. The molecule has 1 atom stereocenters. The molecule has 13 heteroatoms. The number of anilines is 1. The molecule has 0 saturated heterocycles. The monoisotopic (exact) mass is 419 g/mol. The number of hydrogen-bond donors (Lipinski definition) is 2. The standard InChI is InChI=1S/C15H12F3N3O6S/c16-15(17,18)27-8-1-3-9(4-2-8)28(25,26)20-10-7-19-12-6-5-11(14(23)24)21(12)13(10)22/h1-4,7,11,20H,5-6H2,(H,23,24)/t11-/m0/s1. The number of carboxylic acid groups (broad SMARTS) is 1. The summed E-state index contributed by atoms with van der Waals surface area (Å²) in [4.78, 5) is 27.2. The number of ether oxygens (including phenoxy) is 1. The molecule has 2 heterocycles. The molecule has 0 bridgehead atoms. The van der Waals surface area contributed by atoms with E-state index in [-0.39, 0.29) is 18.7 Å². The summed E-state index contributed by atoms with van der Waals surface area (Å²) in [6, 6.07) is 2.18. The zero-order valence-electron chi connectivity index (χ0n) is 13.8. The SMILES string of the molecule is O=C(O)[C@@H]1CCc2ncc(NS(=O)(=O)c3ccc(OC(F)(F)F)cc3)c(=O)n21. The van der Waals surface area contributed by atoms with Gasteiger partial charge in [-0.05, 0) is 30.7 Å². The maximum atomic E-state index is 12.5. The molecule has 0 aliphatic carbocycles. The van der Waals surface area contributed by atoms with Gasteiger partial charge < -0.3 is 9.84 Å². The van der Waals surface area contributed by atoms with Crippen LogP contribution in [-0.2, 0) is 21.2 Å². The van der Waals surface area contributed by atoms with Gasteiger partial charge in [0.05, 0.1) is 11.1 Å². The molecule has 0 amide bonds. The van der Waals surface area contributed by atoms with E-state index in [0.717, 1.165) is 35.0 Å². The molecular formula is C15H12F3N3O6S. The molecule has 1 aromatic carbocycles. The van der Waals surface area contributed by atoms with Crippen LogP contribution in [0.3, 0.4) is 0 Å². The Morgan fingerprint density at radius 3 is 2.50 bits per heavy atom. The number of halogens is 3. The van der Waals surface area contributed by atoms with Crippen molar-refractivity contribution in [1.29, 1.82) is 0 Å². The third kappa shape index (κ3) is 3.93. The smallest absolute Gasteiger partial charge is 0.480 e. The Bertz CT molecular complexity index is 1080. The molecule has 1 aromatic heterocycles. The van der Waals surface area contributed by atoms with Crippen LogP contribution in [0.1, 0.15) is 18.3 Å². The van der Waals surface area contributed by atoms with Crippen LogP contribution in [-0.4, -0.2) is 35.4 Å². The summed E-state index contributed by atoms with van der Waals surface area (Å²) in [5.41, 5.74) is -1.36. The van der Waals surface area contributed by atoms with E-state index in [0.29, 0.717) is 0 Å². The fourth-order valence-electron chi connectivity index (χ4n) is 2.73. The first-order valence-electron chi connectivity index (χ1n) is 7.70. The van der Waals surface area contributed by atoms with Gasteiger partial charge in [-0.25, -0.2) is 18.2 Å². The number of aryl methyl sites for hydroxylation is 1. The summed E-state index contributed by atoms with van der Waals surface area (Å²) in [6.07, 6.45) is -3.56. The molecule has 0 spiro atoms. The number of aromatic nitrogens is 2. The molecule has 3 rings (SSSR count). The quantitative estimate of drug-likeness (QED) is 0.752. The lowest BCUT2D eigenvalue weighted by molar-refractivity contribution is -0.274. The van der Waals surface area contributed by atoms with E-state index in [1.165, 1.54) is 0 Å². The lowest BCUT2D eigenvalue weighted by Crippen LogP contribution is -2.31. The minimum atomic E-state index is -4.93. The Kier molecular flexibility index (Phi) is 4.79. The number of alkyl halides is 3. The molecule has 2 aromatic rings. The number of rotatable bonds is 5. The number of carbonyl (C=O) groups is 1. The molecule has 0 saturated carbocycles. The van der Waals surface area contributed by atoms with Gasteiger partial charge in [-0.2, -0.15) is 0 Å². The van der Waals surface area contributed by atoms with Gasteiger partial charge in [-0.1, -0.05) is 0 Å². The van der Waals surface area contributed by atoms with Crippen molar-refractivity contribution in [2.75, 3.05) is 4.72 Å². The lowest BCUT2D eigenvalue weighted by Gasteiger charge is -2.13. The van der Waals surface area contributed by atoms with Crippen LogP contribution in [0.25, 0.3) is 0 Å². The summed E-state index contributed by atoms with van der Waals surface area (Å²) < 4.78 is 67.8. The zero-order valence-corrected chi connectivity index (χ0v) is 14.6. The van der Waals surface area contributed by atoms with E-state index >= 15 is 0 Å². The van der Waals surface area contributed by atoms with Gasteiger partial charge in [0.15, 0.2) is 0 Å². The third-order valence-corrected chi connectivity index (χ3v) is 5.30. The highest BCUT2D eigenvalue weighted by molar-refractivity contribution is 7.92. The molecule has 0 unspecified atom stereocenters. The van der Waals surface area contributed by atoms with Gasteiger partial charge in [-0.3, -0.25) is 14.1 Å². The van der Waals surface area contributed by atoms with Crippen molar-refractivity contribution in [3.05, 3.63) is 46.6 Å². The predicted molar refractivity (Wildman–Crippen MR) is 87.4 cm³/mol. The third-order valence-electron chi connectivity index (χ3n) is 3.92. The van der Waals surface area contributed by atoms with Crippen LogP contribution in [0.15, 0.2) is 40.2 Å². The first-order valence-corrected chi connectivity index (χ1v) is 9.18. The summed E-state index contributed by atoms with van der Waals surface area (Å²) >= 11 is 0. The molecule has 28 heavy (non-hydrogen) atoms. The van der Waals surface area contributed by atoms with E-state index in [4.69, 9.17) is 0 Å². The van der Waals surface area contributed by atoms with E-state index in [9.17, 15) is 36.3 Å². The zero-order chi connectivity index (χ0) is 20.7. The van der Waals surface area contributed by atoms with Crippen molar-refractivity contribution in [3.63, 3.8) is 0 Å². The van der Waals surface area contributed by atoms with Crippen molar-refractivity contribution in [2.45, 2.75) is 30.1 Å². The van der Waals surface area contributed by atoms with Crippen molar-refractivity contribution in [2.24, 2.45) is 0 Å².